The van der Waals surface area contributed by atoms with Gasteiger partial charge in [0.15, 0.2) is 11.6 Å². The van der Waals surface area contributed by atoms with Crippen LogP contribution >= 0.6 is 0 Å². The summed E-state index contributed by atoms with van der Waals surface area (Å²) in [6.07, 6.45) is 8.21. The topological polar surface area (TPSA) is 0 Å². The zero-order chi connectivity index (χ0) is 20.6. The molecule has 0 amide bonds. The fraction of sp³-hybridized carbons (Fsp3) is 0.333. The summed E-state index contributed by atoms with van der Waals surface area (Å²) >= 11 is 0. The van der Waals surface area contributed by atoms with Crippen molar-refractivity contribution in [1.29, 1.82) is 0 Å². The first-order valence-electron chi connectivity index (χ1n) is 10.8. The predicted octanol–water partition coefficient (Wildman–Crippen LogP) is 8.37. The molecule has 152 valence electrons. The Morgan fingerprint density at radius 1 is 0.552 bits per heavy atom. The third kappa shape index (κ3) is 5.32. The normalized spacial score (nSPS) is 11.0. The minimum absolute atomic E-state index is 0.303. The fourth-order valence-electron chi connectivity index (χ4n) is 3.70. The van der Waals surface area contributed by atoms with Crippen molar-refractivity contribution in [2.45, 2.75) is 58.8 Å². The molecule has 0 bridgehead atoms. The zero-order valence-electron chi connectivity index (χ0n) is 17.5. The van der Waals surface area contributed by atoms with Gasteiger partial charge in [-0.2, -0.15) is 0 Å². The molecular weight excluding hydrogens is 362 g/mol. The van der Waals surface area contributed by atoms with Crippen molar-refractivity contribution in [2.75, 3.05) is 0 Å². The Kier molecular flexibility index (Phi) is 7.57. The Bertz CT molecular complexity index is 909. The SMILES string of the molecule is CCCCCCCc1ccc(-c2ccc(-c3ccc(CC)cc3)c(F)c2F)cc1. The van der Waals surface area contributed by atoms with E-state index in [1.807, 2.05) is 48.5 Å². The lowest BCUT2D eigenvalue weighted by Crippen LogP contribution is -1.95. The number of unbranched alkanes of at least 4 members (excludes halogenated alkanes) is 4. The quantitative estimate of drug-likeness (QED) is 0.321. The van der Waals surface area contributed by atoms with E-state index in [4.69, 9.17) is 0 Å². The summed E-state index contributed by atoms with van der Waals surface area (Å²) in [5.74, 6) is -1.57. The lowest BCUT2D eigenvalue weighted by Gasteiger charge is -2.10. The molecule has 0 aliphatic carbocycles. The van der Waals surface area contributed by atoms with Gasteiger partial charge >= 0.3 is 0 Å². The molecule has 0 spiro atoms. The Balaban J connectivity index is 1.74. The summed E-state index contributed by atoms with van der Waals surface area (Å²) in [4.78, 5) is 0. The van der Waals surface area contributed by atoms with Gasteiger partial charge in [-0.3, -0.25) is 0 Å². The number of benzene rings is 3. The molecule has 0 radical (unpaired) electrons. The summed E-state index contributed by atoms with van der Waals surface area (Å²) in [6.45, 7) is 4.29. The van der Waals surface area contributed by atoms with Crippen molar-refractivity contribution in [3.05, 3.63) is 83.4 Å². The van der Waals surface area contributed by atoms with Crippen LogP contribution in [0.25, 0.3) is 22.3 Å². The van der Waals surface area contributed by atoms with Crippen molar-refractivity contribution >= 4 is 0 Å². The Labute approximate surface area is 173 Å². The molecule has 0 N–H and O–H groups in total. The maximum atomic E-state index is 14.8. The van der Waals surface area contributed by atoms with E-state index in [-0.39, 0.29) is 0 Å². The summed E-state index contributed by atoms with van der Waals surface area (Å²) in [6, 6.07) is 18.8. The first-order chi connectivity index (χ1) is 14.1. The number of aryl methyl sites for hydroxylation is 2. The van der Waals surface area contributed by atoms with Gasteiger partial charge in [0, 0.05) is 11.1 Å². The molecular formula is C27H30F2. The van der Waals surface area contributed by atoms with Crippen molar-refractivity contribution < 1.29 is 8.78 Å². The molecule has 0 fully saturated rings. The Morgan fingerprint density at radius 2 is 1.03 bits per heavy atom. The van der Waals surface area contributed by atoms with E-state index in [0.717, 1.165) is 12.8 Å². The summed E-state index contributed by atoms with van der Waals surface area (Å²) in [5.41, 5.74) is 4.45. The van der Waals surface area contributed by atoms with E-state index >= 15 is 0 Å². The van der Waals surface area contributed by atoms with Crippen LogP contribution in [0.5, 0.6) is 0 Å². The highest BCUT2D eigenvalue weighted by molar-refractivity contribution is 5.72. The number of halogens is 2. The molecule has 29 heavy (non-hydrogen) atoms. The van der Waals surface area contributed by atoms with Crippen LogP contribution < -0.4 is 0 Å². The van der Waals surface area contributed by atoms with Gasteiger partial charge in [0.25, 0.3) is 0 Å². The summed E-state index contributed by atoms with van der Waals surface area (Å²) < 4.78 is 29.6. The van der Waals surface area contributed by atoms with E-state index in [0.29, 0.717) is 22.3 Å². The molecule has 0 aliphatic rings. The first-order valence-corrected chi connectivity index (χ1v) is 10.8. The lowest BCUT2D eigenvalue weighted by molar-refractivity contribution is 0.514. The van der Waals surface area contributed by atoms with Crippen LogP contribution in [0.15, 0.2) is 60.7 Å². The van der Waals surface area contributed by atoms with Crippen molar-refractivity contribution in [3.63, 3.8) is 0 Å². The summed E-state index contributed by atoms with van der Waals surface area (Å²) in [5, 5.41) is 0. The monoisotopic (exact) mass is 392 g/mol. The van der Waals surface area contributed by atoms with E-state index < -0.39 is 11.6 Å². The molecule has 0 saturated heterocycles. The van der Waals surface area contributed by atoms with Gasteiger partial charge in [-0.1, -0.05) is 100 Å². The zero-order valence-corrected chi connectivity index (χ0v) is 17.5. The van der Waals surface area contributed by atoms with Crippen LogP contribution in [0, 0.1) is 11.6 Å². The summed E-state index contributed by atoms with van der Waals surface area (Å²) in [7, 11) is 0. The fourth-order valence-corrected chi connectivity index (χ4v) is 3.70. The highest BCUT2D eigenvalue weighted by Gasteiger charge is 2.16. The molecule has 0 heterocycles. The average molecular weight is 393 g/mol. The van der Waals surface area contributed by atoms with Crippen LogP contribution in [0.4, 0.5) is 8.78 Å². The van der Waals surface area contributed by atoms with Crippen LogP contribution in [0.2, 0.25) is 0 Å². The maximum absolute atomic E-state index is 14.8. The Hall–Kier alpha value is -2.48. The molecule has 3 rings (SSSR count). The van der Waals surface area contributed by atoms with E-state index in [1.165, 1.54) is 43.2 Å². The van der Waals surface area contributed by atoms with Gasteiger partial charge in [0.05, 0.1) is 0 Å². The van der Waals surface area contributed by atoms with Crippen molar-refractivity contribution in [3.8, 4) is 22.3 Å². The first kappa shape index (κ1) is 21.2. The molecule has 0 aliphatic heterocycles. The molecule has 3 aromatic carbocycles. The smallest absolute Gasteiger partial charge is 0.167 e. The van der Waals surface area contributed by atoms with Gasteiger partial charge in [-0.15, -0.1) is 0 Å². The average Bonchev–Trinajstić information content (AvgIpc) is 2.76. The van der Waals surface area contributed by atoms with Gasteiger partial charge in [0.1, 0.15) is 0 Å². The predicted molar refractivity (Wildman–Crippen MR) is 119 cm³/mol. The molecule has 0 atom stereocenters. The number of rotatable bonds is 9. The van der Waals surface area contributed by atoms with Crippen molar-refractivity contribution in [1.82, 2.24) is 0 Å². The number of hydrogen-bond donors (Lipinski definition) is 0. The molecule has 0 unspecified atom stereocenters. The number of hydrogen-bond acceptors (Lipinski definition) is 0. The second-order valence-corrected chi connectivity index (χ2v) is 7.70. The van der Waals surface area contributed by atoms with Gasteiger partial charge in [-0.05, 0) is 41.5 Å². The Morgan fingerprint density at radius 3 is 1.52 bits per heavy atom. The second-order valence-electron chi connectivity index (χ2n) is 7.70. The minimum Gasteiger partial charge on any atom is -0.203 e. The molecule has 2 heteroatoms. The van der Waals surface area contributed by atoms with Crippen LogP contribution in [0.3, 0.4) is 0 Å². The highest BCUT2D eigenvalue weighted by atomic mass is 19.2. The van der Waals surface area contributed by atoms with E-state index in [2.05, 4.69) is 13.8 Å². The second kappa shape index (κ2) is 10.3. The minimum atomic E-state index is -0.785. The van der Waals surface area contributed by atoms with E-state index in [9.17, 15) is 8.78 Å². The molecule has 3 aromatic rings. The third-order valence-corrected chi connectivity index (χ3v) is 5.59. The van der Waals surface area contributed by atoms with Crippen LogP contribution in [-0.2, 0) is 12.8 Å². The van der Waals surface area contributed by atoms with Gasteiger partial charge in [-0.25, -0.2) is 8.78 Å². The lowest BCUT2D eigenvalue weighted by atomic mass is 9.96. The largest absolute Gasteiger partial charge is 0.203 e. The van der Waals surface area contributed by atoms with Crippen LogP contribution in [0.1, 0.15) is 57.1 Å². The van der Waals surface area contributed by atoms with Crippen molar-refractivity contribution in [2.24, 2.45) is 0 Å². The maximum Gasteiger partial charge on any atom is 0.167 e. The molecule has 0 nitrogen and oxygen atoms in total. The van der Waals surface area contributed by atoms with Gasteiger partial charge < -0.3 is 0 Å². The highest BCUT2D eigenvalue weighted by Crippen LogP contribution is 2.32. The third-order valence-electron chi connectivity index (χ3n) is 5.59. The molecule has 0 saturated carbocycles. The standard InChI is InChI=1S/C27H30F2/c1-3-5-6-7-8-9-21-12-16-23(17-13-21)25-19-18-24(26(28)27(25)29)22-14-10-20(4-2)11-15-22/h10-19H,3-9H2,1-2H3. The van der Waals surface area contributed by atoms with E-state index in [1.54, 1.807) is 12.1 Å². The van der Waals surface area contributed by atoms with Gasteiger partial charge in [0.2, 0.25) is 0 Å². The molecule has 0 aromatic heterocycles. The van der Waals surface area contributed by atoms with Crippen LogP contribution in [-0.4, -0.2) is 0 Å².